The molecular weight excluding hydrogens is 282 g/mol. The maximum atomic E-state index is 12.1. The lowest BCUT2D eigenvalue weighted by molar-refractivity contribution is -0.120. The molecule has 1 amide bonds. The number of sulfone groups is 1. The van der Waals surface area contributed by atoms with Crippen molar-refractivity contribution in [1.82, 2.24) is 15.5 Å². The van der Waals surface area contributed by atoms with Gasteiger partial charge < -0.3 is 9.84 Å². The summed E-state index contributed by atoms with van der Waals surface area (Å²) in [5.74, 6) is 0.120. The minimum Gasteiger partial charge on any atom is -0.352 e. The minimum atomic E-state index is -3.63. The molecule has 1 aromatic heterocycles. The van der Waals surface area contributed by atoms with E-state index in [4.69, 9.17) is 4.52 Å². The van der Waals surface area contributed by atoms with E-state index in [1.165, 1.54) is 6.92 Å². The Kier molecular flexibility index (Phi) is 3.27. The summed E-state index contributed by atoms with van der Waals surface area (Å²) in [5, 5.41) is 5.37. The summed E-state index contributed by atoms with van der Waals surface area (Å²) in [7, 11) is -3.63. The van der Waals surface area contributed by atoms with Crippen LogP contribution >= 0.6 is 0 Å². The van der Waals surface area contributed by atoms with E-state index in [0.717, 1.165) is 25.7 Å². The van der Waals surface area contributed by atoms with Crippen LogP contribution in [0.4, 0.5) is 0 Å². The number of hydrogen-bond donors (Lipinski definition) is 1. The number of nitrogens with one attached hydrogen (secondary N) is 1. The van der Waals surface area contributed by atoms with Crippen molar-refractivity contribution >= 4 is 15.7 Å². The summed E-state index contributed by atoms with van der Waals surface area (Å²) < 4.78 is 29.3. The molecule has 1 unspecified atom stereocenters. The Morgan fingerprint density at radius 1 is 1.40 bits per heavy atom. The Labute approximate surface area is 117 Å². The van der Waals surface area contributed by atoms with Gasteiger partial charge in [-0.25, -0.2) is 8.42 Å². The lowest BCUT2D eigenvalue weighted by atomic mass is 10.4. The number of carbonyl (C=O) groups is 1. The van der Waals surface area contributed by atoms with Gasteiger partial charge in [-0.05, 0) is 32.6 Å². The number of rotatable bonds is 6. The molecule has 0 spiro atoms. The molecular formula is C12H17N3O4S. The van der Waals surface area contributed by atoms with Crippen LogP contribution in [0.25, 0.3) is 0 Å². The van der Waals surface area contributed by atoms with E-state index >= 15 is 0 Å². The largest absolute Gasteiger partial charge is 0.352 e. The highest BCUT2D eigenvalue weighted by atomic mass is 32.2. The first-order valence-electron chi connectivity index (χ1n) is 6.80. The Bertz CT molecular complexity index is 616. The molecule has 1 heterocycles. The fraction of sp³-hybridized carbons (Fsp3) is 0.750. The molecule has 1 atom stereocenters. The van der Waals surface area contributed by atoms with Crippen molar-refractivity contribution in [1.29, 1.82) is 0 Å². The number of hydrogen-bond acceptors (Lipinski definition) is 6. The summed E-state index contributed by atoms with van der Waals surface area (Å²) >= 11 is 0. The zero-order valence-electron chi connectivity index (χ0n) is 11.2. The van der Waals surface area contributed by atoms with E-state index in [2.05, 4.69) is 15.5 Å². The van der Waals surface area contributed by atoms with Crippen LogP contribution in [0.3, 0.4) is 0 Å². The van der Waals surface area contributed by atoms with E-state index in [1.54, 1.807) is 0 Å². The van der Waals surface area contributed by atoms with Crippen LogP contribution in [0.5, 0.6) is 0 Å². The molecule has 2 aliphatic rings. The quantitative estimate of drug-likeness (QED) is 0.822. The third kappa shape index (κ3) is 3.00. The van der Waals surface area contributed by atoms with Crippen LogP contribution in [0, 0.1) is 0 Å². The maximum Gasteiger partial charge on any atom is 0.241 e. The third-order valence-electron chi connectivity index (χ3n) is 3.58. The van der Waals surface area contributed by atoms with Crippen molar-refractivity contribution in [3.8, 4) is 0 Å². The first-order chi connectivity index (χ1) is 9.45. The molecule has 2 fully saturated rings. The van der Waals surface area contributed by atoms with Crippen LogP contribution in [-0.2, 0) is 20.4 Å². The van der Waals surface area contributed by atoms with Crippen molar-refractivity contribution in [3.05, 3.63) is 11.7 Å². The number of nitrogens with zero attached hydrogens (tertiary/aromatic N) is 2. The third-order valence-corrected chi connectivity index (χ3v) is 5.52. The zero-order valence-corrected chi connectivity index (χ0v) is 12.0. The Morgan fingerprint density at radius 3 is 2.70 bits per heavy atom. The van der Waals surface area contributed by atoms with Crippen molar-refractivity contribution in [2.45, 2.75) is 55.6 Å². The summed E-state index contributed by atoms with van der Waals surface area (Å²) in [4.78, 5) is 15.9. The molecule has 1 aromatic rings. The second-order valence-electron chi connectivity index (χ2n) is 5.55. The van der Waals surface area contributed by atoms with Gasteiger partial charge in [0.05, 0.1) is 0 Å². The smallest absolute Gasteiger partial charge is 0.241 e. The molecule has 20 heavy (non-hydrogen) atoms. The maximum absolute atomic E-state index is 12.1. The molecule has 0 aromatic carbocycles. The lowest BCUT2D eigenvalue weighted by Crippen LogP contribution is -2.39. The van der Waals surface area contributed by atoms with Gasteiger partial charge in [0, 0.05) is 12.0 Å². The summed E-state index contributed by atoms with van der Waals surface area (Å²) in [6.45, 7) is 1.39. The van der Waals surface area contributed by atoms with Gasteiger partial charge in [-0.3, -0.25) is 4.79 Å². The molecule has 2 saturated carbocycles. The highest BCUT2D eigenvalue weighted by molar-refractivity contribution is 7.92. The minimum absolute atomic E-state index is 0.0676. The second-order valence-corrected chi connectivity index (χ2v) is 7.87. The first-order valence-corrected chi connectivity index (χ1v) is 8.51. The van der Waals surface area contributed by atoms with Gasteiger partial charge in [-0.15, -0.1) is 0 Å². The van der Waals surface area contributed by atoms with Crippen LogP contribution in [0.15, 0.2) is 4.52 Å². The van der Waals surface area contributed by atoms with Crippen molar-refractivity contribution in [2.75, 3.05) is 0 Å². The number of carbonyl (C=O) groups excluding carboxylic acids is 1. The predicted octanol–water partition coefficient (Wildman–Crippen LogP) is 0.529. The van der Waals surface area contributed by atoms with Gasteiger partial charge in [-0.1, -0.05) is 5.16 Å². The average molecular weight is 299 g/mol. The fourth-order valence-corrected chi connectivity index (χ4v) is 2.95. The average Bonchev–Trinajstić information content (AvgIpc) is 3.30. The molecule has 0 bridgehead atoms. The van der Waals surface area contributed by atoms with Crippen LogP contribution in [0.1, 0.15) is 50.2 Å². The monoisotopic (exact) mass is 299 g/mol. The molecule has 8 heteroatoms. The van der Waals surface area contributed by atoms with Gasteiger partial charge in [-0.2, -0.15) is 4.98 Å². The van der Waals surface area contributed by atoms with Gasteiger partial charge in [0.2, 0.25) is 11.8 Å². The summed E-state index contributed by atoms with van der Waals surface area (Å²) in [6, 6.07) is 0.144. The highest BCUT2D eigenvalue weighted by Crippen LogP contribution is 2.38. The SMILES string of the molecule is CC(C(=O)NC1CC1)S(=O)(=O)Cc1nc(C2CC2)no1. The van der Waals surface area contributed by atoms with Crippen molar-refractivity contribution in [3.63, 3.8) is 0 Å². The van der Waals surface area contributed by atoms with Crippen molar-refractivity contribution in [2.24, 2.45) is 0 Å². The van der Waals surface area contributed by atoms with Gasteiger partial charge in [0.25, 0.3) is 0 Å². The van der Waals surface area contributed by atoms with E-state index in [0.29, 0.717) is 11.7 Å². The number of aromatic nitrogens is 2. The van der Waals surface area contributed by atoms with E-state index < -0.39 is 21.0 Å². The lowest BCUT2D eigenvalue weighted by Gasteiger charge is -2.11. The molecule has 0 radical (unpaired) electrons. The molecule has 0 aliphatic heterocycles. The second kappa shape index (κ2) is 4.83. The van der Waals surface area contributed by atoms with Gasteiger partial charge >= 0.3 is 0 Å². The Hall–Kier alpha value is -1.44. The Morgan fingerprint density at radius 2 is 2.10 bits per heavy atom. The molecule has 1 N–H and O–H groups in total. The Balaban J connectivity index is 1.64. The number of amides is 1. The van der Waals surface area contributed by atoms with E-state index in [1.807, 2.05) is 0 Å². The molecule has 110 valence electrons. The molecule has 2 aliphatic carbocycles. The molecule has 0 saturated heterocycles. The first kappa shape index (κ1) is 13.5. The summed E-state index contributed by atoms with van der Waals surface area (Å²) in [6.07, 6.45) is 3.89. The normalized spacial score (nSPS) is 20.6. The zero-order chi connectivity index (χ0) is 14.3. The topological polar surface area (TPSA) is 102 Å². The predicted molar refractivity (Wildman–Crippen MR) is 69.5 cm³/mol. The standard InChI is InChI=1S/C12H17N3O4S/c1-7(12(16)13-9-4-5-9)20(17,18)6-10-14-11(15-19-10)8-2-3-8/h7-9H,2-6H2,1H3,(H,13,16). The molecule has 7 nitrogen and oxygen atoms in total. The van der Waals surface area contributed by atoms with Crippen molar-refractivity contribution < 1.29 is 17.7 Å². The van der Waals surface area contributed by atoms with Crippen LogP contribution in [-0.4, -0.2) is 35.8 Å². The van der Waals surface area contributed by atoms with Gasteiger partial charge in [0.1, 0.15) is 11.0 Å². The van der Waals surface area contributed by atoms with E-state index in [9.17, 15) is 13.2 Å². The molecule has 3 rings (SSSR count). The van der Waals surface area contributed by atoms with Crippen LogP contribution in [0.2, 0.25) is 0 Å². The highest BCUT2D eigenvalue weighted by Gasteiger charge is 2.34. The summed E-state index contributed by atoms with van der Waals surface area (Å²) in [5.41, 5.74) is 0. The van der Waals surface area contributed by atoms with Crippen LogP contribution < -0.4 is 5.32 Å². The van der Waals surface area contributed by atoms with E-state index in [-0.39, 0.29) is 17.7 Å². The fourth-order valence-electron chi connectivity index (χ4n) is 1.84. The van der Waals surface area contributed by atoms with Gasteiger partial charge in [0.15, 0.2) is 15.7 Å².